The maximum atomic E-state index is 5.81. The summed E-state index contributed by atoms with van der Waals surface area (Å²) in [7, 11) is 0. The van der Waals surface area contributed by atoms with E-state index in [1.807, 2.05) is 36.7 Å². The van der Waals surface area contributed by atoms with E-state index in [4.69, 9.17) is 17.0 Å². The van der Waals surface area contributed by atoms with E-state index in [2.05, 4.69) is 26.3 Å². The number of pyridine rings is 1. The predicted molar refractivity (Wildman–Crippen MR) is 91.9 cm³/mol. The molecule has 2 aromatic heterocycles. The quantitative estimate of drug-likeness (QED) is 0.845. The number of hydrogen-bond donors (Lipinski definition) is 2. The molecule has 2 N–H and O–H groups in total. The Morgan fingerprint density at radius 2 is 2.26 bits per heavy atom. The molecule has 0 saturated carbocycles. The molecule has 0 spiro atoms. The molecule has 120 valence electrons. The van der Waals surface area contributed by atoms with Gasteiger partial charge in [-0.3, -0.25) is 4.98 Å². The minimum atomic E-state index is 0.0451. The molecule has 23 heavy (non-hydrogen) atoms. The molecule has 0 aromatic carbocycles. The second-order valence-corrected chi connectivity index (χ2v) is 6.43. The molecule has 2 aromatic rings. The number of rotatable bonds is 4. The first kappa shape index (κ1) is 14.7. The number of H-pyrrole nitrogens is 1. The molecule has 0 unspecified atom stereocenters. The summed E-state index contributed by atoms with van der Waals surface area (Å²) in [6.07, 6.45) is 6.28. The first-order valence-corrected chi connectivity index (χ1v) is 8.47. The number of ether oxygens (including phenoxy) is 1. The van der Waals surface area contributed by atoms with Crippen molar-refractivity contribution in [2.75, 3.05) is 13.2 Å². The highest BCUT2D eigenvalue weighted by atomic mass is 32.1. The molecule has 2 aliphatic heterocycles. The van der Waals surface area contributed by atoms with Crippen molar-refractivity contribution < 1.29 is 4.74 Å². The molecule has 0 aliphatic carbocycles. The Morgan fingerprint density at radius 3 is 2.96 bits per heavy atom. The van der Waals surface area contributed by atoms with E-state index < -0.39 is 0 Å². The van der Waals surface area contributed by atoms with Crippen molar-refractivity contribution in [1.82, 2.24) is 20.2 Å². The predicted octanol–water partition coefficient (Wildman–Crippen LogP) is 2.56. The molecule has 0 radical (unpaired) electrons. The van der Waals surface area contributed by atoms with Crippen molar-refractivity contribution in [2.45, 2.75) is 31.0 Å². The molecule has 6 heteroatoms. The van der Waals surface area contributed by atoms with Gasteiger partial charge in [-0.15, -0.1) is 0 Å². The summed E-state index contributed by atoms with van der Waals surface area (Å²) in [5, 5.41) is 4.23. The van der Waals surface area contributed by atoms with Crippen LogP contribution in [0.15, 0.2) is 42.7 Å². The minimum Gasteiger partial charge on any atom is -0.376 e. The number of aromatic amines is 1. The lowest BCUT2D eigenvalue weighted by atomic mass is 10.0. The van der Waals surface area contributed by atoms with Crippen LogP contribution in [0.5, 0.6) is 0 Å². The van der Waals surface area contributed by atoms with Gasteiger partial charge in [0.25, 0.3) is 0 Å². The topological polar surface area (TPSA) is 53.2 Å². The second-order valence-electron chi connectivity index (χ2n) is 6.04. The van der Waals surface area contributed by atoms with Crippen LogP contribution >= 0.6 is 12.2 Å². The van der Waals surface area contributed by atoms with Gasteiger partial charge in [-0.25, -0.2) is 0 Å². The SMILES string of the molecule is S=C1N[C@H](c2ccccn2)[C@H](c2ccc[nH]2)N1C[C@H]1CCCO1. The van der Waals surface area contributed by atoms with Gasteiger partial charge in [0, 0.05) is 31.2 Å². The van der Waals surface area contributed by atoms with Crippen LogP contribution in [-0.4, -0.2) is 39.2 Å². The maximum Gasteiger partial charge on any atom is 0.170 e. The third-order valence-corrected chi connectivity index (χ3v) is 4.92. The molecule has 2 saturated heterocycles. The lowest BCUT2D eigenvalue weighted by Crippen LogP contribution is -2.36. The molecule has 3 atom stereocenters. The summed E-state index contributed by atoms with van der Waals surface area (Å²) in [6, 6.07) is 10.3. The third kappa shape index (κ3) is 2.84. The average Bonchev–Trinajstić information content (AvgIpc) is 3.31. The summed E-state index contributed by atoms with van der Waals surface area (Å²) in [6.45, 7) is 1.67. The van der Waals surface area contributed by atoms with Crippen LogP contribution in [0.1, 0.15) is 36.3 Å². The van der Waals surface area contributed by atoms with Crippen LogP contribution in [0.4, 0.5) is 0 Å². The minimum absolute atomic E-state index is 0.0451. The molecule has 2 aliphatic rings. The molecule has 0 amide bonds. The summed E-state index contributed by atoms with van der Waals surface area (Å²) in [5.41, 5.74) is 2.15. The van der Waals surface area contributed by atoms with Gasteiger partial charge in [0.2, 0.25) is 0 Å². The lowest BCUT2D eigenvalue weighted by molar-refractivity contribution is 0.0838. The zero-order chi connectivity index (χ0) is 15.6. The summed E-state index contributed by atoms with van der Waals surface area (Å²) < 4.78 is 5.81. The van der Waals surface area contributed by atoms with Gasteiger partial charge < -0.3 is 19.9 Å². The van der Waals surface area contributed by atoms with Crippen LogP contribution in [0.3, 0.4) is 0 Å². The Labute approximate surface area is 141 Å². The molecule has 4 rings (SSSR count). The summed E-state index contributed by atoms with van der Waals surface area (Å²) in [5.74, 6) is 0. The number of nitrogens with zero attached hydrogens (tertiary/aromatic N) is 2. The highest BCUT2D eigenvalue weighted by Crippen LogP contribution is 2.38. The molecule has 5 nitrogen and oxygen atoms in total. The summed E-state index contributed by atoms with van der Waals surface area (Å²) >= 11 is 5.62. The third-order valence-electron chi connectivity index (χ3n) is 4.56. The largest absolute Gasteiger partial charge is 0.376 e. The van der Waals surface area contributed by atoms with Gasteiger partial charge in [0.1, 0.15) is 0 Å². The van der Waals surface area contributed by atoms with Crippen LogP contribution < -0.4 is 5.32 Å². The Hall–Kier alpha value is -1.92. The normalized spacial score (nSPS) is 27.4. The van der Waals surface area contributed by atoms with Crippen LogP contribution in [0.2, 0.25) is 0 Å². The van der Waals surface area contributed by atoms with Crippen molar-refractivity contribution in [2.24, 2.45) is 0 Å². The van der Waals surface area contributed by atoms with E-state index in [0.717, 1.165) is 42.5 Å². The zero-order valence-electron chi connectivity index (χ0n) is 12.8. The molecular formula is C17H20N4OS. The fraction of sp³-hybridized carbons (Fsp3) is 0.412. The smallest absolute Gasteiger partial charge is 0.170 e. The number of nitrogens with one attached hydrogen (secondary N) is 2. The maximum absolute atomic E-state index is 5.81. The zero-order valence-corrected chi connectivity index (χ0v) is 13.6. The van der Waals surface area contributed by atoms with Gasteiger partial charge in [0.15, 0.2) is 5.11 Å². The van der Waals surface area contributed by atoms with E-state index in [0.29, 0.717) is 0 Å². The van der Waals surface area contributed by atoms with Crippen LogP contribution in [0, 0.1) is 0 Å². The van der Waals surface area contributed by atoms with Gasteiger partial charge in [-0.1, -0.05) is 6.07 Å². The lowest BCUT2D eigenvalue weighted by Gasteiger charge is -2.28. The highest BCUT2D eigenvalue weighted by Gasteiger charge is 2.41. The van der Waals surface area contributed by atoms with E-state index in [1.54, 1.807) is 0 Å². The first-order chi connectivity index (χ1) is 11.3. The average molecular weight is 328 g/mol. The van der Waals surface area contributed by atoms with Crippen molar-refractivity contribution in [1.29, 1.82) is 0 Å². The number of thiocarbonyl (C=S) groups is 1. The standard InChI is InChI=1S/C17H20N4OS/c23-17-20-15(13-6-1-2-8-18-13)16(14-7-3-9-19-14)21(17)11-12-5-4-10-22-12/h1-3,6-9,12,15-16,19H,4-5,10-11H2,(H,20,23)/t12-,15-,16+/m1/s1. The Kier molecular flexibility index (Phi) is 4.01. The molecule has 4 heterocycles. The first-order valence-electron chi connectivity index (χ1n) is 8.06. The number of aromatic nitrogens is 2. The molecule has 0 bridgehead atoms. The monoisotopic (exact) mass is 328 g/mol. The van der Waals surface area contributed by atoms with Crippen molar-refractivity contribution in [3.63, 3.8) is 0 Å². The van der Waals surface area contributed by atoms with Crippen LogP contribution in [-0.2, 0) is 4.74 Å². The fourth-order valence-electron chi connectivity index (χ4n) is 3.48. The van der Waals surface area contributed by atoms with Gasteiger partial charge in [-0.2, -0.15) is 0 Å². The van der Waals surface area contributed by atoms with E-state index in [-0.39, 0.29) is 18.2 Å². The van der Waals surface area contributed by atoms with Crippen molar-refractivity contribution >= 4 is 17.3 Å². The molecular weight excluding hydrogens is 308 g/mol. The highest BCUT2D eigenvalue weighted by molar-refractivity contribution is 7.80. The van der Waals surface area contributed by atoms with Gasteiger partial charge in [0.05, 0.1) is 23.9 Å². The number of hydrogen-bond acceptors (Lipinski definition) is 3. The Morgan fingerprint density at radius 1 is 1.30 bits per heavy atom. The molecule has 2 fully saturated rings. The Bertz CT molecular complexity index is 654. The second kappa shape index (κ2) is 6.29. The summed E-state index contributed by atoms with van der Waals surface area (Å²) in [4.78, 5) is 10.1. The fourth-order valence-corrected chi connectivity index (χ4v) is 3.79. The Balaban J connectivity index is 1.66. The van der Waals surface area contributed by atoms with Gasteiger partial charge >= 0.3 is 0 Å². The van der Waals surface area contributed by atoms with Crippen molar-refractivity contribution in [3.8, 4) is 0 Å². The van der Waals surface area contributed by atoms with E-state index >= 15 is 0 Å². The van der Waals surface area contributed by atoms with E-state index in [9.17, 15) is 0 Å². The van der Waals surface area contributed by atoms with Gasteiger partial charge in [-0.05, 0) is 49.3 Å². The van der Waals surface area contributed by atoms with E-state index in [1.165, 1.54) is 0 Å². The van der Waals surface area contributed by atoms with Crippen LogP contribution in [0.25, 0.3) is 0 Å². The van der Waals surface area contributed by atoms with Crippen molar-refractivity contribution in [3.05, 3.63) is 54.1 Å².